The van der Waals surface area contributed by atoms with E-state index in [1.54, 1.807) is 7.05 Å². The lowest BCUT2D eigenvalue weighted by atomic mass is 9.87. The third-order valence-corrected chi connectivity index (χ3v) is 6.31. The van der Waals surface area contributed by atoms with E-state index in [1.165, 1.54) is 22.8 Å². The number of fused-ring (bicyclic) bond motifs is 1. The number of ether oxygens (including phenoxy) is 2. The third kappa shape index (κ3) is 5.26. The predicted octanol–water partition coefficient (Wildman–Crippen LogP) is 1.29. The Balaban J connectivity index is 1.26. The van der Waals surface area contributed by atoms with Crippen molar-refractivity contribution in [3.8, 4) is 0 Å². The number of nitrogens with zero attached hydrogens (tertiary/aromatic N) is 5. The van der Waals surface area contributed by atoms with Crippen LogP contribution in [0.25, 0.3) is 11.2 Å². The van der Waals surface area contributed by atoms with E-state index in [-0.39, 0.29) is 24.4 Å². The van der Waals surface area contributed by atoms with Gasteiger partial charge in [0, 0.05) is 18.8 Å². The lowest BCUT2D eigenvalue weighted by Gasteiger charge is -2.29. The Kier molecular flexibility index (Phi) is 7.14. The maximum Gasteiger partial charge on any atom is 0.411 e. The second-order valence-corrected chi connectivity index (χ2v) is 10.1. The molecule has 1 aromatic carbocycles. The van der Waals surface area contributed by atoms with Crippen LogP contribution in [0.15, 0.2) is 36.9 Å². The summed E-state index contributed by atoms with van der Waals surface area (Å²) in [6, 6.07) is 7.65. The molecule has 4 rings (SSSR count). The minimum atomic E-state index is -1.76. The summed E-state index contributed by atoms with van der Waals surface area (Å²) in [5.74, 6) is 0.179. The average Bonchev–Trinajstić information content (AvgIpc) is 3.38. The van der Waals surface area contributed by atoms with Gasteiger partial charge in [-0.1, -0.05) is 32.9 Å². The fourth-order valence-corrected chi connectivity index (χ4v) is 4.10. The first-order valence-corrected chi connectivity index (χ1v) is 11.7. The second kappa shape index (κ2) is 9.97. The molecule has 0 unspecified atom stereocenters. The van der Waals surface area contributed by atoms with Gasteiger partial charge >= 0.3 is 6.09 Å². The predicted molar refractivity (Wildman–Crippen MR) is 133 cm³/mol. The van der Waals surface area contributed by atoms with E-state index in [2.05, 4.69) is 41.0 Å². The topological polar surface area (TPSA) is 161 Å². The zero-order valence-corrected chi connectivity index (χ0v) is 20.9. The molecule has 1 amide bonds. The highest BCUT2D eigenvalue weighted by Crippen LogP contribution is 2.32. The van der Waals surface area contributed by atoms with E-state index < -0.39 is 24.0 Å². The number of carbonyl (C=O) groups is 1. The van der Waals surface area contributed by atoms with Crippen LogP contribution in [0.4, 0.5) is 16.3 Å². The smallest absolute Gasteiger partial charge is 0.411 e. The number of aliphatic hydroxyl groups is 2. The van der Waals surface area contributed by atoms with Crippen molar-refractivity contribution < 1.29 is 24.5 Å². The lowest BCUT2D eigenvalue weighted by molar-refractivity contribution is -0.108. The van der Waals surface area contributed by atoms with Gasteiger partial charge in [0.25, 0.3) is 0 Å². The molecule has 0 aliphatic carbocycles. The third-order valence-electron chi connectivity index (χ3n) is 6.31. The standard InChI is InChI=1S/C24H33N7O5/c1-23(2,3)15-5-7-16(8-6-15)29-22(33)35-10-9-30(4)11-17-19(32)24(34,12-36-17)31-14-28-18-20(25)26-13-27-21(18)31/h5-8,13-14,17,19,32,34H,9-12H2,1-4H3,(H,29,33)(H2,25,26,27)/t17-,19-,24+/m1/s1. The number of anilines is 2. The van der Waals surface area contributed by atoms with Gasteiger partial charge in [-0.25, -0.2) is 19.7 Å². The van der Waals surface area contributed by atoms with E-state index in [1.807, 2.05) is 29.2 Å². The number of nitrogens with two attached hydrogens (primary N) is 1. The van der Waals surface area contributed by atoms with Crippen LogP contribution >= 0.6 is 0 Å². The quantitative estimate of drug-likeness (QED) is 0.373. The first-order valence-electron chi connectivity index (χ1n) is 11.7. The van der Waals surface area contributed by atoms with Gasteiger partial charge in [-0.3, -0.25) is 9.88 Å². The fraction of sp³-hybridized carbons (Fsp3) is 0.500. The maximum absolute atomic E-state index is 12.1. The van der Waals surface area contributed by atoms with Crippen molar-refractivity contribution in [2.75, 3.05) is 44.4 Å². The Morgan fingerprint density at radius 2 is 2.03 bits per heavy atom. The van der Waals surface area contributed by atoms with Crippen molar-refractivity contribution >= 4 is 28.8 Å². The van der Waals surface area contributed by atoms with Gasteiger partial charge in [-0.2, -0.15) is 0 Å². The minimum absolute atomic E-state index is 0.0326. The Morgan fingerprint density at radius 1 is 1.31 bits per heavy atom. The molecule has 3 heterocycles. The molecule has 1 fully saturated rings. The number of carbonyl (C=O) groups excluding carboxylic acids is 1. The van der Waals surface area contributed by atoms with Crippen LogP contribution in [-0.4, -0.2) is 86.3 Å². The van der Waals surface area contributed by atoms with Crippen molar-refractivity contribution in [1.29, 1.82) is 0 Å². The molecule has 1 saturated heterocycles. The highest BCUT2D eigenvalue weighted by atomic mass is 16.6. The Bertz CT molecular complexity index is 1210. The summed E-state index contributed by atoms with van der Waals surface area (Å²) in [5.41, 5.74) is 6.55. The summed E-state index contributed by atoms with van der Waals surface area (Å²) in [6.45, 7) is 7.06. The zero-order chi connectivity index (χ0) is 26.1. The first-order chi connectivity index (χ1) is 17.0. The van der Waals surface area contributed by atoms with Gasteiger partial charge < -0.3 is 30.3 Å². The van der Waals surface area contributed by atoms with E-state index in [4.69, 9.17) is 15.2 Å². The molecule has 194 valence electrons. The normalized spacial score (nSPS) is 22.3. The summed E-state index contributed by atoms with van der Waals surface area (Å²) in [7, 11) is 1.81. The summed E-state index contributed by atoms with van der Waals surface area (Å²) in [5, 5.41) is 24.8. The number of nitrogen functional groups attached to an aromatic ring is 1. The van der Waals surface area contributed by atoms with Crippen molar-refractivity contribution in [3.05, 3.63) is 42.5 Å². The Labute approximate surface area is 209 Å². The van der Waals surface area contributed by atoms with Crippen LogP contribution in [0.1, 0.15) is 26.3 Å². The lowest BCUT2D eigenvalue weighted by Crippen LogP contribution is -2.48. The first kappa shape index (κ1) is 25.8. The minimum Gasteiger partial charge on any atom is -0.448 e. The molecular weight excluding hydrogens is 466 g/mol. The van der Waals surface area contributed by atoms with E-state index in [9.17, 15) is 15.0 Å². The summed E-state index contributed by atoms with van der Waals surface area (Å²) < 4.78 is 12.3. The molecule has 0 spiro atoms. The number of likely N-dealkylation sites (N-methyl/N-ethyl adjacent to an activating group) is 1. The van der Waals surface area contributed by atoms with E-state index in [0.717, 1.165) is 0 Å². The molecule has 0 bridgehead atoms. The van der Waals surface area contributed by atoms with Crippen LogP contribution in [-0.2, 0) is 20.6 Å². The zero-order valence-electron chi connectivity index (χ0n) is 20.9. The summed E-state index contributed by atoms with van der Waals surface area (Å²) >= 11 is 0. The largest absolute Gasteiger partial charge is 0.448 e. The molecule has 3 aromatic rings. The molecule has 0 saturated carbocycles. The molecule has 1 aliphatic heterocycles. The van der Waals surface area contributed by atoms with Crippen LogP contribution in [0.3, 0.4) is 0 Å². The van der Waals surface area contributed by atoms with Crippen LogP contribution < -0.4 is 11.1 Å². The Morgan fingerprint density at radius 3 is 2.72 bits per heavy atom. The monoisotopic (exact) mass is 499 g/mol. The van der Waals surface area contributed by atoms with Crippen molar-refractivity contribution in [3.63, 3.8) is 0 Å². The Hall–Kier alpha value is -3.32. The molecule has 5 N–H and O–H groups in total. The van der Waals surface area contributed by atoms with Gasteiger partial charge in [0.05, 0.1) is 12.9 Å². The van der Waals surface area contributed by atoms with E-state index >= 15 is 0 Å². The van der Waals surface area contributed by atoms with Gasteiger partial charge in [0.1, 0.15) is 30.7 Å². The highest BCUT2D eigenvalue weighted by molar-refractivity contribution is 5.84. The summed E-state index contributed by atoms with van der Waals surface area (Å²) in [6.07, 6.45) is 0.133. The maximum atomic E-state index is 12.1. The van der Waals surface area contributed by atoms with Crippen molar-refractivity contribution in [1.82, 2.24) is 24.4 Å². The van der Waals surface area contributed by atoms with Crippen LogP contribution in [0, 0.1) is 0 Å². The molecule has 1 aliphatic rings. The number of amides is 1. The number of hydrogen-bond acceptors (Lipinski definition) is 10. The SMILES string of the molecule is CN(CCOC(=O)Nc1ccc(C(C)(C)C)cc1)C[C@H]1OC[C@@](O)(n2cnc3c(N)ncnc32)[C@@H]1O. The highest BCUT2D eigenvalue weighted by Gasteiger charge is 2.50. The number of rotatable bonds is 7. The van der Waals surface area contributed by atoms with E-state index in [0.29, 0.717) is 29.9 Å². The number of imidazole rings is 1. The number of nitrogens with one attached hydrogen (secondary N) is 1. The number of hydrogen-bond donors (Lipinski definition) is 4. The number of benzene rings is 1. The van der Waals surface area contributed by atoms with Gasteiger partial charge in [-0.15, -0.1) is 0 Å². The molecular formula is C24H33N7O5. The van der Waals surface area contributed by atoms with Crippen LogP contribution in [0.2, 0.25) is 0 Å². The second-order valence-electron chi connectivity index (χ2n) is 10.1. The molecule has 12 nitrogen and oxygen atoms in total. The van der Waals surface area contributed by atoms with Crippen LogP contribution in [0.5, 0.6) is 0 Å². The van der Waals surface area contributed by atoms with Gasteiger partial charge in [-0.05, 0) is 30.2 Å². The number of aromatic nitrogens is 4. The molecule has 0 radical (unpaired) electrons. The fourth-order valence-electron chi connectivity index (χ4n) is 4.10. The van der Waals surface area contributed by atoms with Gasteiger partial charge in [0.15, 0.2) is 17.2 Å². The average molecular weight is 500 g/mol. The molecule has 3 atom stereocenters. The van der Waals surface area contributed by atoms with Gasteiger partial charge in [0.2, 0.25) is 0 Å². The summed E-state index contributed by atoms with van der Waals surface area (Å²) in [4.78, 5) is 26.2. The molecule has 12 heteroatoms. The number of aliphatic hydroxyl groups excluding tert-OH is 1. The molecule has 36 heavy (non-hydrogen) atoms. The molecule has 2 aromatic heterocycles. The van der Waals surface area contributed by atoms with Crippen molar-refractivity contribution in [2.45, 2.75) is 44.1 Å². The van der Waals surface area contributed by atoms with Crippen molar-refractivity contribution in [2.24, 2.45) is 0 Å².